The van der Waals surface area contributed by atoms with Gasteiger partial charge < -0.3 is 14.4 Å². The monoisotopic (exact) mass is 392 g/mol. The van der Waals surface area contributed by atoms with E-state index in [0.29, 0.717) is 5.56 Å². The predicted octanol–water partition coefficient (Wildman–Crippen LogP) is 2.73. The van der Waals surface area contributed by atoms with Crippen LogP contribution in [-0.4, -0.2) is 31.2 Å². The van der Waals surface area contributed by atoms with Crippen molar-refractivity contribution in [1.29, 1.82) is 0 Å². The molecule has 8 heteroatoms. The number of aliphatic hydroxyl groups is 1. The van der Waals surface area contributed by atoms with Gasteiger partial charge in [-0.1, -0.05) is 18.2 Å². The Morgan fingerprint density at radius 1 is 1.26 bits per heavy atom. The van der Waals surface area contributed by atoms with E-state index in [1.54, 1.807) is 13.1 Å². The Kier molecular flexibility index (Phi) is 5.50. The first kappa shape index (κ1) is 19.3. The van der Waals surface area contributed by atoms with Gasteiger partial charge in [0.1, 0.15) is 0 Å². The van der Waals surface area contributed by atoms with Crippen LogP contribution in [0.15, 0.2) is 53.6 Å². The van der Waals surface area contributed by atoms with Crippen molar-refractivity contribution in [2.75, 3.05) is 13.2 Å². The molecule has 1 aromatic heterocycles. The summed E-state index contributed by atoms with van der Waals surface area (Å²) in [5.74, 6) is -0.762. The van der Waals surface area contributed by atoms with Crippen LogP contribution in [0.2, 0.25) is 0 Å². The average Bonchev–Trinajstić information content (AvgIpc) is 2.99. The molecule has 3 rings (SSSR count). The molecule has 0 amide bonds. The number of nitrogens with one attached hydrogen (secondary N) is 1. The van der Waals surface area contributed by atoms with Gasteiger partial charge in [-0.25, -0.2) is 17.5 Å². The first-order valence-corrected chi connectivity index (χ1v) is 9.96. The molecule has 0 aliphatic rings. The van der Waals surface area contributed by atoms with E-state index >= 15 is 0 Å². The number of para-hydroxylation sites is 1. The molecule has 0 saturated carbocycles. The van der Waals surface area contributed by atoms with Crippen LogP contribution in [0.5, 0.6) is 5.75 Å². The average molecular weight is 392 g/mol. The maximum Gasteiger partial charge on any atom is 0.240 e. The van der Waals surface area contributed by atoms with E-state index in [0.717, 1.165) is 17.0 Å². The molecule has 0 fully saturated rings. The number of aryl methyl sites for hydroxylation is 1. The van der Waals surface area contributed by atoms with Crippen LogP contribution in [-0.2, 0) is 17.1 Å². The molecule has 0 aliphatic carbocycles. The summed E-state index contributed by atoms with van der Waals surface area (Å²) in [4.78, 5) is -0.228. The lowest BCUT2D eigenvalue weighted by Crippen LogP contribution is -2.28. The highest BCUT2D eigenvalue weighted by Gasteiger charge is 2.20. The van der Waals surface area contributed by atoms with E-state index in [1.165, 1.54) is 12.1 Å². The van der Waals surface area contributed by atoms with Gasteiger partial charge >= 0.3 is 0 Å². The number of aromatic nitrogens is 1. The Labute approximate surface area is 157 Å². The summed E-state index contributed by atoms with van der Waals surface area (Å²) in [5, 5.41) is 11.3. The molecule has 0 radical (unpaired) electrons. The molecule has 3 aromatic rings. The minimum atomic E-state index is -3.98. The fraction of sp³-hybridized carbons (Fsp3) is 0.263. The third-order valence-corrected chi connectivity index (χ3v) is 5.69. The standard InChI is InChI=1S/C19H21FN2O4S/c1-3-26-19-9-8-13(10-16(19)20)27(24,25)21-11-18(23)15-12-22(2)17-7-5-4-6-14(15)17/h4-10,12,18,21,23H,3,11H2,1-2H3. The molecule has 1 heterocycles. The fourth-order valence-electron chi connectivity index (χ4n) is 2.94. The van der Waals surface area contributed by atoms with E-state index in [2.05, 4.69) is 4.72 Å². The number of sulfonamides is 1. The Hall–Kier alpha value is -2.42. The Morgan fingerprint density at radius 3 is 2.70 bits per heavy atom. The van der Waals surface area contributed by atoms with Crippen LogP contribution < -0.4 is 9.46 Å². The number of halogens is 1. The van der Waals surface area contributed by atoms with Crippen LogP contribution in [0.4, 0.5) is 4.39 Å². The minimum Gasteiger partial charge on any atom is -0.491 e. The van der Waals surface area contributed by atoms with Crippen LogP contribution in [0.3, 0.4) is 0 Å². The summed E-state index contributed by atoms with van der Waals surface area (Å²) >= 11 is 0. The molecular weight excluding hydrogens is 371 g/mol. The Morgan fingerprint density at radius 2 is 2.00 bits per heavy atom. The van der Waals surface area contributed by atoms with E-state index in [-0.39, 0.29) is 23.8 Å². The highest BCUT2D eigenvalue weighted by molar-refractivity contribution is 7.89. The fourth-order valence-corrected chi connectivity index (χ4v) is 3.99. The number of rotatable bonds is 7. The molecule has 0 saturated heterocycles. The summed E-state index contributed by atoms with van der Waals surface area (Å²) in [6.07, 6.45) is 0.721. The number of hydrogen-bond acceptors (Lipinski definition) is 4. The third-order valence-electron chi connectivity index (χ3n) is 4.27. The number of ether oxygens (including phenoxy) is 1. The van der Waals surface area contributed by atoms with Gasteiger partial charge in [0, 0.05) is 36.3 Å². The summed E-state index contributed by atoms with van der Waals surface area (Å²) in [6.45, 7) is 1.75. The molecule has 2 aromatic carbocycles. The first-order valence-electron chi connectivity index (χ1n) is 8.47. The normalized spacial score (nSPS) is 13.0. The molecule has 144 valence electrons. The largest absolute Gasteiger partial charge is 0.491 e. The number of benzene rings is 2. The van der Waals surface area contributed by atoms with Crippen LogP contribution in [0.25, 0.3) is 10.9 Å². The molecule has 1 unspecified atom stereocenters. The SMILES string of the molecule is CCOc1ccc(S(=O)(=O)NCC(O)c2cn(C)c3ccccc23)cc1F. The lowest BCUT2D eigenvalue weighted by atomic mass is 10.1. The first-order chi connectivity index (χ1) is 12.8. The maximum atomic E-state index is 13.9. The minimum absolute atomic E-state index is 0.00719. The second-order valence-corrected chi connectivity index (χ2v) is 7.87. The number of hydrogen-bond donors (Lipinski definition) is 2. The molecule has 2 N–H and O–H groups in total. The van der Waals surface area contributed by atoms with Crippen molar-refractivity contribution in [3.05, 3.63) is 60.0 Å². The van der Waals surface area contributed by atoms with Crippen molar-refractivity contribution in [2.24, 2.45) is 7.05 Å². The summed E-state index contributed by atoms with van der Waals surface area (Å²) < 4.78 is 48.1. The Bertz CT molecular complexity index is 1060. The van der Waals surface area contributed by atoms with Crippen molar-refractivity contribution >= 4 is 20.9 Å². The number of fused-ring (bicyclic) bond motifs is 1. The van der Waals surface area contributed by atoms with Crippen molar-refractivity contribution in [3.63, 3.8) is 0 Å². The zero-order valence-electron chi connectivity index (χ0n) is 15.0. The van der Waals surface area contributed by atoms with Crippen molar-refractivity contribution < 1.29 is 22.7 Å². The predicted molar refractivity (Wildman–Crippen MR) is 101 cm³/mol. The summed E-state index contributed by atoms with van der Waals surface area (Å²) in [5.41, 5.74) is 1.55. The van der Waals surface area contributed by atoms with Gasteiger partial charge in [-0.2, -0.15) is 0 Å². The van der Waals surface area contributed by atoms with Gasteiger partial charge in [0.15, 0.2) is 11.6 Å². The van der Waals surface area contributed by atoms with Gasteiger partial charge in [0.2, 0.25) is 10.0 Å². The van der Waals surface area contributed by atoms with Gasteiger partial charge in [-0.15, -0.1) is 0 Å². The quantitative estimate of drug-likeness (QED) is 0.648. The molecule has 1 atom stereocenters. The van der Waals surface area contributed by atoms with Crippen LogP contribution in [0.1, 0.15) is 18.6 Å². The van der Waals surface area contributed by atoms with E-state index in [4.69, 9.17) is 4.74 Å². The Balaban J connectivity index is 1.77. The van der Waals surface area contributed by atoms with E-state index in [9.17, 15) is 17.9 Å². The maximum absolute atomic E-state index is 13.9. The highest BCUT2D eigenvalue weighted by atomic mass is 32.2. The zero-order chi connectivity index (χ0) is 19.6. The summed E-state index contributed by atoms with van der Waals surface area (Å²) in [7, 11) is -2.12. The molecular formula is C19H21FN2O4S. The van der Waals surface area contributed by atoms with E-state index < -0.39 is 21.9 Å². The van der Waals surface area contributed by atoms with Crippen LogP contribution in [0, 0.1) is 5.82 Å². The van der Waals surface area contributed by atoms with E-state index in [1.807, 2.05) is 35.9 Å². The lowest BCUT2D eigenvalue weighted by Gasteiger charge is -2.13. The van der Waals surface area contributed by atoms with Gasteiger partial charge in [-0.05, 0) is 31.2 Å². The van der Waals surface area contributed by atoms with Crippen molar-refractivity contribution in [1.82, 2.24) is 9.29 Å². The second-order valence-electron chi connectivity index (χ2n) is 6.11. The molecule has 0 aliphatic heterocycles. The molecule has 27 heavy (non-hydrogen) atoms. The lowest BCUT2D eigenvalue weighted by molar-refractivity contribution is 0.183. The number of aliphatic hydroxyl groups excluding tert-OH is 1. The smallest absolute Gasteiger partial charge is 0.240 e. The van der Waals surface area contributed by atoms with Crippen LogP contribution >= 0.6 is 0 Å². The van der Waals surface area contributed by atoms with Crippen molar-refractivity contribution in [3.8, 4) is 5.75 Å². The van der Waals surface area contributed by atoms with Gasteiger partial charge in [0.25, 0.3) is 0 Å². The molecule has 6 nitrogen and oxygen atoms in total. The highest BCUT2D eigenvalue weighted by Crippen LogP contribution is 2.26. The van der Waals surface area contributed by atoms with Gasteiger partial charge in [-0.3, -0.25) is 0 Å². The topological polar surface area (TPSA) is 80.6 Å². The molecule has 0 spiro atoms. The van der Waals surface area contributed by atoms with Gasteiger partial charge in [0.05, 0.1) is 17.6 Å². The zero-order valence-corrected chi connectivity index (χ0v) is 15.8. The van der Waals surface area contributed by atoms with Crippen molar-refractivity contribution in [2.45, 2.75) is 17.9 Å². The molecule has 0 bridgehead atoms. The third kappa shape index (κ3) is 3.97. The number of nitrogens with zero attached hydrogens (tertiary/aromatic N) is 1. The second kappa shape index (κ2) is 7.67. The summed E-state index contributed by atoms with van der Waals surface area (Å²) in [6, 6.07) is 11.0.